The van der Waals surface area contributed by atoms with Crippen LogP contribution in [0, 0.1) is 0 Å². The number of amides is 3. The molecule has 0 aliphatic carbocycles. The molecule has 4 N–H and O–H groups in total. The van der Waals surface area contributed by atoms with Crippen molar-refractivity contribution in [3.63, 3.8) is 0 Å². The smallest absolute Gasteiger partial charge is 0.314 e. The number of nitrogens with one attached hydrogen (secondary N) is 2. The van der Waals surface area contributed by atoms with Crippen molar-refractivity contribution < 1.29 is 14.3 Å². The van der Waals surface area contributed by atoms with Crippen molar-refractivity contribution in [3.8, 4) is 5.75 Å². The van der Waals surface area contributed by atoms with Gasteiger partial charge in [-0.2, -0.15) is 0 Å². The summed E-state index contributed by atoms with van der Waals surface area (Å²) in [7, 11) is 0. The Bertz CT molecular complexity index is 977. The Morgan fingerprint density at radius 3 is 2.67 bits per heavy atom. The first-order valence-electron chi connectivity index (χ1n) is 8.74. The number of rotatable bonds is 5. The Balaban J connectivity index is 1.46. The highest BCUT2D eigenvalue weighted by molar-refractivity contribution is 5.99. The van der Waals surface area contributed by atoms with Gasteiger partial charge in [-0.05, 0) is 23.8 Å². The molecule has 0 spiro atoms. The van der Waals surface area contributed by atoms with E-state index in [9.17, 15) is 9.59 Å². The molecule has 1 aliphatic rings. The van der Waals surface area contributed by atoms with Gasteiger partial charge in [0.2, 0.25) is 0 Å². The standard InChI is InChI=1S/C20H20N4O3/c21-20(26)24-10-14(11-24)22-19(25)17-9-15-16(23-17)7-4-8-18(15)27-12-13-5-2-1-3-6-13/h1-9,14,23H,10-12H2,(H2,21,26)(H,22,25). The zero-order valence-electron chi connectivity index (χ0n) is 14.6. The van der Waals surface area contributed by atoms with E-state index < -0.39 is 6.03 Å². The number of primary amides is 1. The molecule has 3 aromatic rings. The first-order chi connectivity index (χ1) is 13.1. The molecule has 0 bridgehead atoms. The number of nitrogens with two attached hydrogens (primary N) is 1. The lowest BCUT2D eigenvalue weighted by Gasteiger charge is -2.38. The highest BCUT2D eigenvalue weighted by Gasteiger charge is 2.30. The van der Waals surface area contributed by atoms with E-state index in [0.717, 1.165) is 22.2 Å². The molecule has 0 radical (unpaired) electrons. The van der Waals surface area contributed by atoms with Gasteiger partial charge in [0.05, 0.1) is 6.04 Å². The van der Waals surface area contributed by atoms with Gasteiger partial charge in [-0.25, -0.2) is 4.79 Å². The van der Waals surface area contributed by atoms with E-state index in [1.807, 2.05) is 48.5 Å². The number of carbonyl (C=O) groups excluding carboxylic acids is 2. The van der Waals surface area contributed by atoms with Crippen LogP contribution in [0.25, 0.3) is 10.9 Å². The quantitative estimate of drug-likeness (QED) is 0.647. The van der Waals surface area contributed by atoms with Crippen LogP contribution in [-0.4, -0.2) is 41.0 Å². The van der Waals surface area contributed by atoms with Crippen LogP contribution in [0.3, 0.4) is 0 Å². The van der Waals surface area contributed by atoms with Crippen molar-refractivity contribution in [3.05, 3.63) is 65.9 Å². The van der Waals surface area contributed by atoms with Gasteiger partial charge in [-0.1, -0.05) is 36.4 Å². The lowest BCUT2D eigenvalue weighted by atomic mass is 10.1. The number of carbonyl (C=O) groups is 2. The van der Waals surface area contributed by atoms with Gasteiger partial charge in [0.25, 0.3) is 5.91 Å². The topological polar surface area (TPSA) is 100 Å². The summed E-state index contributed by atoms with van der Waals surface area (Å²) < 4.78 is 5.94. The number of urea groups is 1. The van der Waals surface area contributed by atoms with Gasteiger partial charge >= 0.3 is 6.03 Å². The first-order valence-corrected chi connectivity index (χ1v) is 8.74. The maximum absolute atomic E-state index is 12.5. The lowest BCUT2D eigenvalue weighted by Crippen LogP contribution is -2.62. The molecule has 1 aromatic heterocycles. The molecule has 27 heavy (non-hydrogen) atoms. The van der Waals surface area contributed by atoms with Crippen LogP contribution in [0.5, 0.6) is 5.75 Å². The fourth-order valence-corrected chi connectivity index (χ4v) is 3.12. The van der Waals surface area contributed by atoms with Gasteiger partial charge in [-0.15, -0.1) is 0 Å². The number of H-pyrrole nitrogens is 1. The van der Waals surface area contributed by atoms with Crippen LogP contribution in [0.2, 0.25) is 0 Å². The van der Waals surface area contributed by atoms with Crippen molar-refractivity contribution in [1.82, 2.24) is 15.2 Å². The van der Waals surface area contributed by atoms with E-state index >= 15 is 0 Å². The average Bonchev–Trinajstić information content (AvgIpc) is 3.08. The second kappa shape index (κ2) is 7.03. The summed E-state index contributed by atoms with van der Waals surface area (Å²) in [4.78, 5) is 28.1. The third kappa shape index (κ3) is 3.57. The number of hydrogen-bond acceptors (Lipinski definition) is 3. The molecule has 0 atom stereocenters. The number of aromatic amines is 1. The summed E-state index contributed by atoms with van der Waals surface area (Å²) in [6.45, 7) is 1.33. The summed E-state index contributed by atoms with van der Waals surface area (Å²) in [5.74, 6) is 0.504. The first kappa shape index (κ1) is 17.0. The highest BCUT2D eigenvalue weighted by Crippen LogP contribution is 2.27. The van der Waals surface area contributed by atoms with E-state index in [1.54, 1.807) is 6.07 Å². The molecule has 0 unspecified atom stereocenters. The van der Waals surface area contributed by atoms with Gasteiger partial charge in [0.15, 0.2) is 0 Å². The van der Waals surface area contributed by atoms with Crippen LogP contribution in [0.1, 0.15) is 16.1 Å². The largest absolute Gasteiger partial charge is 0.488 e. The molecule has 1 aliphatic heterocycles. The lowest BCUT2D eigenvalue weighted by molar-refractivity contribution is 0.0857. The molecule has 1 fully saturated rings. The Morgan fingerprint density at radius 2 is 1.93 bits per heavy atom. The molecule has 138 valence electrons. The van der Waals surface area contributed by atoms with Crippen LogP contribution >= 0.6 is 0 Å². The molecule has 7 nitrogen and oxygen atoms in total. The Morgan fingerprint density at radius 1 is 1.15 bits per heavy atom. The third-order valence-corrected chi connectivity index (χ3v) is 4.63. The second-order valence-corrected chi connectivity index (χ2v) is 6.59. The van der Waals surface area contributed by atoms with Crippen LogP contribution in [0.4, 0.5) is 4.79 Å². The zero-order chi connectivity index (χ0) is 18.8. The Kier molecular flexibility index (Phi) is 4.42. The van der Waals surface area contributed by atoms with E-state index in [1.165, 1.54) is 4.90 Å². The van der Waals surface area contributed by atoms with Crippen LogP contribution < -0.4 is 15.8 Å². The van der Waals surface area contributed by atoms with Crippen LogP contribution in [0.15, 0.2) is 54.6 Å². The van der Waals surface area contributed by atoms with E-state index in [-0.39, 0.29) is 11.9 Å². The third-order valence-electron chi connectivity index (χ3n) is 4.63. The summed E-state index contributed by atoms with van der Waals surface area (Å²) in [5.41, 5.74) is 7.56. The predicted octanol–water partition coefficient (Wildman–Crippen LogP) is 2.24. The normalized spacial score (nSPS) is 14.0. The zero-order valence-corrected chi connectivity index (χ0v) is 14.6. The highest BCUT2D eigenvalue weighted by atomic mass is 16.5. The van der Waals surface area contributed by atoms with Crippen molar-refractivity contribution in [1.29, 1.82) is 0 Å². The number of aromatic nitrogens is 1. The maximum Gasteiger partial charge on any atom is 0.314 e. The maximum atomic E-state index is 12.5. The van der Waals surface area contributed by atoms with E-state index in [0.29, 0.717) is 25.4 Å². The fraction of sp³-hybridized carbons (Fsp3) is 0.200. The monoisotopic (exact) mass is 364 g/mol. The summed E-state index contributed by atoms with van der Waals surface area (Å²) in [6, 6.07) is 16.8. The average molecular weight is 364 g/mol. The van der Waals surface area contributed by atoms with Crippen LogP contribution in [-0.2, 0) is 6.61 Å². The van der Waals surface area contributed by atoms with E-state index in [2.05, 4.69) is 10.3 Å². The Hall–Kier alpha value is -3.48. The Labute approximate surface area is 156 Å². The molecular formula is C20H20N4O3. The summed E-state index contributed by atoms with van der Waals surface area (Å²) in [5, 5.41) is 3.75. The number of ether oxygens (including phenoxy) is 1. The van der Waals surface area contributed by atoms with Crippen molar-refractivity contribution in [2.45, 2.75) is 12.6 Å². The van der Waals surface area contributed by atoms with Gasteiger partial charge in [0.1, 0.15) is 18.1 Å². The van der Waals surface area contributed by atoms with Gasteiger partial charge in [-0.3, -0.25) is 4.79 Å². The number of fused-ring (bicyclic) bond motifs is 1. The SMILES string of the molecule is NC(=O)N1CC(NC(=O)c2cc3c(OCc4ccccc4)cccc3[nH]2)C1. The predicted molar refractivity (Wildman–Crippen MR) is 101 cm³/mol. The number of likely N-dealkylation sites (tertiary alicyclic amines) is 1. The van der Waals surface area contributed by atoms with Crippen molar-refractivity contribution in [2.75, 3.05) is 13.1 Å². The molecule has 1 saturated heterocycles. The molecule has 7 heteroatoms. The van der Waals surface area contributed by atoms with Crippen molar-refractivity contribution >= 4 is 22.8 Å². The second-order valence-electron chi connectivity index (χ2n) is 6.59. The van der Waals surface area contributed by atoms with Crippen molar-refractivity contribution in [2.24, 2.45) is 5.73 Å². The van der Waals surface area contributed by atoms with Gasteiger partial charge in [0, 0.05) is 24.0 Å². The van der Waals surface area contributed by atoms with E-state index in [4.69, 9.17) is 10.5 Å². The fourth-order valence-electron chi connectivity index (χ4n) is 3.12. The number of nitrogens with zero attached hydrogens (tertiary/aromatic N) is 1. The minimum absolute atomic E-state index is 0.0785. The van der Waals surface area contributed by atoms with Gasteiger partial charge < -0.3 is 25.7 Å². The number of benzene rings is 2. The summed E-state index contributed by atoms with van der Waals surface area (Å²) >= 11 is 0. The molecular weight excluding hydrogens is 344 g/mol. The molecule has 2 aromatic carbocycles. The number of hydrogen-bond donors (Lipinski definition) is 3. The molecule has 0 saturated carbocycles. The minimum atomic E-state index is -0.466. The molecule has 4 rings (SSSR count). The minimum Gasteiger partial charge on any atom is -0.488 e. The summed E-state index contributed by atoms with van der Waals surface area (Å²) in [6.07, 6.45) is 0. The molecule has 2 heterocycles. The molecule has 3 amide bonds.